The van der Waals surface area contributed by atoms with E-state index in [1.165, 1.54) is 4.90 Å². The van der Waals surface area contributed by atoms with Gasteiger partial charge in [0.2, 0.25) is 17.7 Å². The first kappa shape index (κ1) is 33.9. The van der Waals surface area contributed by atoms with E-state index in [-0.39, 0.29) is 31.2 Å². The van der Waals surface area contributed by atoms with Crippen LogP contribution in [0.5, 0.6) is 5.88 Å². The van der Waals surface area contributed by atoms with Crippen molar-refractivity contribution in [1.82, 2.24) is 25.5 Å². The van der Waals surface area contributed by atoms with Crippen LogP contribution in [0.2, 0.25) is 0 Å². The van der Waals surface area contributed by atoms with Crippen LogP contribution in [-0.2, 0) is 19.1 Å². The van der Waals surface area contributed by atoms with Gasteiger partial charge in [-0.2, -0.15) is 0 Å². The first-order valence-corrected chi connectivity index (χ1v) is 16.9. The number of carboxylic acid groups (broad SMARTS) is 1. The van der Waals surface area contributed by atoms with Crippen molar-refractivity contribution in [3.63, 3.8) is 0 Å². The molecule has 0 radical (unpaired) electrons. The molecule has 1 aliphatic carbocycles. The van der Waals surface area contributed by atoms with Gasteiger partial charge in [-0.1, -0.05) is 67.5 Å². The number of rotatable bonds is 5. The minimum atomic E-state index is -1.44. The first-order valence-electron chi connectivity index (χ1n) is 16.9. The molecule has 2 fully saturated rings. The van der Waals surface area contributed by atoms with Gasteiger partial charge in [0.05, 0.1) is 17.6 Å². The predicted octanol–water partition coefficient (Wildman–Crippen LogP) is 5.02. The standard InChI is InChI=1S/C37H43N5O7/c1-36(2,3)49-35(47)40-28-19-11-6-4-5-10-16-24-21-37(24,34(45)46)41-31(43)29-20-25(22-42(29)33(28)44)48-32-30(23-14-8-7-9-15-23)38-26-17-12-13-18-27(26)39-32/h7-10,12-18,24-25,28-29H,4-6,11,19-22H2,1-3H3,(H,40,47)(H,41,43)(H,45,46)/b16-10-/t24-,25+,28-,29-,37+/m0/s1. The van der Waals surface area contributed by atoms with Crippen molar-refractivity contribution in [1.29, 1.82) is 0 Å². The molecule has 1 aromatic heterocycles. The lowest BCUT2D eigenvalue weighted by molar-refractivity contribution is -0.145. The van der Waals surface area contributed by atoms with E-state index in [9.17, 15) is 24.3 Å². The number of nitrogens with zero attached hydrogens (tertiary/aromatic N) is 3. The number of carbonyl (C=O) groups excluding carboxylic acids is 3. The summed E-state index contributed by atoms with van der Waals surface area (Å²) in [5.41, 5.74) is 0.385. The molecule has 0 unspecified atom stereocenters. The predicted molar refractivity (Wildman–Crippen MR) is 182 cm³/mol. The van der Waals surface area contributed by atoms with Crippen molar-refractivity contribution >= 4 is 34.9 Å². The van der Waals surface area contributed by atoms with Crippen molar-refractivity contribution in [2.24, 2.45) is 5.92 Å². The van der Waals surface area contributed by atoms with Gasteiger partial charge in [0, 0.05) is 17.9 Å². The quantitative estimate of drug-likeness (QED) is 0.317. The number of allylic oxidation sites excluding steroid dienone is 1. The molecule has 5 atom stereocenters. The van der Waals surface area contributed by atoms with Gasteiger partial charge in [-0.3, -0.25) is 9.59 Å². The smallest absolute Gasteiger partial charge is 0.408 e. The fourth-order valence-electron chi connectivity index (χ4n) is 6.60. The Bertz CT molecular complexity index is 1760. The van der Waals surface area contributed by atoms with E-state index in [2.05, 4.69) is 10.6 Å². The molecule has 49 heavy (non-hydrogen) atoms. The zero-order valence-corrected chi connectivity index (χ0v) is 28.1. The highest BCUT2D eigenvalue weighted by molar-refractivity contribution is 5.96. The summed E-state index contributed by atoms with van der Waals surface area (Å²) >= 11 is 0. The van der Waals surface area contributed by atoms with Gasteiger partial charge in [-0.25, -0.2) is 19.6 Å². The van der Waals surface area contributed by atoms with Crippen LogP contribution >= 0.6 is 0 Å². The third-order valence-corrected chi connectivity index (χ3v) is 9.18. The molecule has 0 spiro atoms. The number of para-hydroxylation sites is 2. The van der Waals surface area contributed by atoms with Crippen molar-refractivity contribution in [2.45, 2.75) is 95.0 Å². The lowest BCUT2D eigenvalue weighted by Gasteiger charge is -2.30. The topological polar surface area (TPSA) is 160 Å². The van der Waals surface area contributed by atoms with E-state index in [1.807, 2.05) is 66.7 Å². The van der Waals surface area contributed by atoms with Gasteiger partial charge in [-0.15, -0.1) is 0 Å². The highest BCUT2D eigenvalue weighted by Gasteiger charge is 2.61. The highest BCUT2D eigenvalue weighted by atomic mass is 16.6. The van der Waals surface area contributed by atoms with E-state index >= 15 is 0 Å². The zero-order chi connectivity index (χ0) is 34.8. The molecule has 3 N–H and O–H groups in total. The van der Waals surface area contributed by atoms with Crippen LogP contribution in [0.4, 0.5) is 4.79 Å². The maximum atomic E-state index is 14.3. The number of ether oxygens (including phenoxy) is 2. The number of fused-ring (bicyclic) bond motifs is 3. The molecule has 3 heterocycles. The summed E-state index contributed by atoms with van der Waals surface area (Å²) in [5, 5.41) is 15.7. The zero-order valence-electron chi connectivity index (χ0n) is 28.1. The molecular formula is C37H43N5O7. The molecule has 3 aliphatic rings. The maximum Gasteiger partial charge on any atom is 0.408 e. The monoisotopic (exact) mass is 669 g/mol. The highest BCUT2D eigenvalue weighted by Crippen LogP contribution is 2.45. The Morgan fingerprint density at radius 1 is 1.00 bits per heavy atom. The second-order valence-electron chi connectivity index (χ2n) is 14.1. The number of amides is 3. The number of hydrogen-bond donors (Lipinski definition) is 3. The molecule has 1 saturated carbocycles. The van der Waals surface area contributed by atoms with Gasteiger partial charge in [0.1, 0.15) is 35.0 Å². The molecule has 12 nitrogen and oxygen atoms in total. The number of hydrogen-bond acceptors (Lipinski definition) is 8. The van der Waals surface area contributed by atoms with Crippen LogP contribution in [0.3, 0.4) is 0 Å². The van der Waals surface area contributed by atoms with Crippen LogP contribution < -0.4 is 15.4 Å². The lowest BCUT2D eigenvalue weighted by atomic mass is 10.0. The summed E-state index contributed by atoms with van der Waals surface area (Å²) in [6, 6.07) is 14.9. The summed E-state index contributed by atoms with van der Waals surface area (Å²) in [5.74, 6) is -2.26. The third kappa shape index (κ3) is 7.68. The maximum absolute atomic E-state index is 14.3. The Morgan fingerprint density at radius 3 is 2.43 bits per heavy atom. The number of aliphatic carboxylic acids is 1. The lowest BCUT2D eigenvalue weighted by Crippen LogP contribution is -2.56. The summed E-state index contributed by atoms with van der Waals surface area (Å²) < 4.78 is 12.0. The van der Waals surface area contributed by atoms with Crippen LogP contribution in [0.15, 0.2) is 66.7 Å². The minimum Gasteiger partial charge on any atom is -0.479 e. The van der Waals surface area contributed by atoms with Gasteiger partial charge in [0.25, 0.3) is 0 Å². The second kappa shape index (κ2) is 13.9. The van der Waals surface area contributed by atoms with Gasteiger partial charge in [-0.05, 0) is 58.6 Å². The van der Waals surface area contributed by atoms with E-state index in [1.54, 1.807) is 20.8 Å². The average molecular weight is 670 g/mol. The van der Waals surface area contributed by atoms with Gasteiger partial charge >= 0.3 is 12.1 Å². The van der Waals surface area contributed by atoms with E-state index < -0.39 is 53.2 Å². The third-order valence-electron chi connectivity index (χ3n) is 9.18. The Balaban J connectivity index is 1.33. The molecule has 12 heteroatoms. The first-order chi connectivity index (χ1) is 23.4. The molecule has 2 aliphatic heterocycles. The largest absolute Gasteiger partial charge is 0.479 e. The fourth-order valence-corrected chi connectivity index (χ4v) is 6.60. The van der Waals surface area contributed by atoms with Crippen LogP contribution in [0.25, 0.3) is 22.3 Å². The Hall–Kier alpha value is -5.00. The summed E-state index contributed by atoms with van der Waals surface area (Å²) in [6.07, 6.45) is 6.13. The Labute approximate surface area is 285 Å². The van der Waals surface area contributed by atoms with Crippen LogP contribution in [0.1, 0.15) is 65.7 Å². The van der Waals surface area contributed by atoms with Gasteiger partial charge < -0.3 is 30.1 Å². The minimum absolute atomic E-state index is 0.00948. The van der Waals surface area contributed by atoms with Crippen molar-refractivity contribution in [2.75, 3.05) is 6.54 Å². The normalized spacial score (nSPS) is 26.7. The fraction of sp³-hybridized carbons (Fsp3) is 0.459. The molecule has 0 bridgehead atoms. The number of nitrogens with one attached hydrogen (secondary N) is 2. The van der Waals surface area contributed by atoms with Crippen molar-refractivity contribution in [3.8, 4) is 17.1 Å². The molecule has 2 aromatic carbocycles. The van der Waals surface area contributed by atoms with Gasteiger partial charge in [0.15, 0.2) is 0 Å². The number of aromatic nitrogens is 2. The molecule has 3 aromatic rings. The van der Waals surface area contributed by atoms with E-state index in [4.69, 9.17) is 19.4 Å². The number of carboxylic acids is 1. The Morgan fingerprint density at radius 2 is 1.71 bits per heavy atom. The Kier molecular flexibility index (Phi) is 9.58. The second-order valence-corrected chi connectivity index (χ2v) is 14.1. The van der Waals surface area contributed by atoms with Crippen molar-refractivity contribution < 1.29 is 33.8 Å². The summed E-state index contributed by atoms with van der Waals surface area (Å²) in [4.78, 5) is 64.8. The summed E-state index contributed by atoms with van der Waals surface area (Å²) in [7, 11) is 0. The SMILES string of the molecule is CC(C)(C)OC(=O)N[C@H]1CCCCC/C=C\[C@H]2C[C@@]2(C(=O)O)NC(=O)[C@@H]2C[C@@H](Oc3nc4ccccc4nc3-c3ccccc3)CN2C1=O. The van der Waals surface area contributed by atoms with Crippen LogP contribution in [0, 0.1) is 5.92 Å². The number of carbonyl (C=O) groups is 4. The molecule has 6 rings (SSSR count). The van der Waals surface area contributed by atoms with E-state index in [0.29, 0.717) is 29.6 Å². The van der Waals surface area contributed by atoms with E-state index in [0.717, 1.165) is 24.8 Å². The average Bonchev–Trinajstić information content (AvgIpc) is 3.60. The molecule has 258 valence electrons. The molecule has 3 amide bonds. The number of benzene rings is 2. The summed E-state index contributed by atoms with van der Waals surface area (Å²) in [6.45, 7) is 5.23. The molecular weight excluding hydrogens is 626 g/mol. The van der Waals surface area contributed by atoms with Crippen LogP contribution in [-0.4, -0.2) is 79.7 Å². The number of alkyl carbamates (subject to hydrolysis) is 1. The molecule has 1 saturated heterocycles. The van der Waals surface area contributed by atoms with Crippen molar-refractivity contribution in [3.05, 3.63) is 66.7 Å².